The Morgan fingerprint density at radius 2 is 1.91 bits per heavy atom. The predicted molar refractivity (Wildman–Crippen MR) is 122 cm³/mol. The molecule has 0 radical (unpaired) electrons. The van der Waals surface area contributed by atoms with Gasteiger partial charge in [-0.1, -0.05) is 28.9 Å². The molecule has 8 nitrogen and oxygen atoms in total. The number of aromatic nitrogens is 4. The Labute approximate surface area is 190 Å². The topological polar surface area (TPSA) is 94.0 Å². The fraction of sp³-hybridized carbons (Fsp3) is 0.130. The number of hydrogen-bond donors (Lipinski definition) is 2. The molecule has 4 aromatic rings. The fourth-order valence-electron chi connectivity index (χ4n) is 3.05. The molecule has 162 valence electrons. The number of carbonyl (C=O) groups is 1. The van der Waals surface area contributed by atoms with Gasteiger partial charge in [0.25, 0.3) is 5.91 Å². The minimum Gasteiger partial charge on any atom is -0.497 e. The third kappa shape index (κ3) is 5.41. The first kappa shape index (κ1) is 21.3. The van der Waals surface area contributed by atoms with E-state index in [4.69, 9.17) is 16.3 Å². The van der Waals surface area contributed by atoms with Crippen LogP contribution >= 0.6 is 11.6 Å². The zero-order valence-corrected chi connectivity index (χ0v) is 18.0. The maximum atomic E-state index is 12.8. The lowest BCUT2D eigenvalue weighted by Crippen LogP contribution is -2.33. The molecule has 2 heterocycles. The number of nitrogens with one attached hydrogen (secondary N) is 2. The van der Waals surface area contributed by atoms with Crippen LogP contribution in [0, 0.1) is 0 Å². The van der Waals surface area contributed by atoms with Crippen LogP contribution < -0.4 is 15.4 Å². The predicted octanol–water partition coefficient (Wildman–Crippen LogP) is 3.92. The first-order chi connectivity index (χ1) is 15.6. The lowest BCUT2D eigenvalue weighted by Gasteiger charge is -2.19. The number of halogens is 1. The normalized spacial score (nSPS) is 11.6. The van der Waals surface area contributed by atoms with E-state index in [-0.39, 0.29) is 5.91 Å². The molecule has 32 heavy (non-hydrogen) atoms. The third-order valence-corrected chi connectivity index (χ3v) is 4.96. The highest BCUT2D eigenvalue weighted by Crippen LogP contribution is 2.19. The quantitative estimate of drug-likeness (QED) is 0.397. The average Bonchev–Trinajstić information content (AvgIpc) is 3.29. The van der Waals surface area contributed by atoms with Crippen molar-refractivity contribution in [1.29, 1.82) is 0 Å². The summed E-state index contributed by atoms with van der Waals surface area (Å²) in [6.45, 7) is 0.529. The molecule has 0 saturated heterocycles. The van der Waals surface area contributed by atoms with Gasteiger partial charge in [-0.05, 0) is 54.1 Å². The van der Waals surface area contributed by atoms with Gasteiger partial charge in [0.15, 0.2) is 0 Å². The molecule has 0 saturated carbocycles. The molecule has 0 aliphatic carbocycles. The number of anilines is 1. The minimum absolute atomic E-state index is 0.283. The van der Waals surface area contributed by atoms with E-state index in [2.05, 4.69) is 25.9 Å². The zero-order chi connectivity index (χ0) is 22.3. The Morgan fingerprint density at radius 3 is 2.59 bits per heavy atom. The van der Waals surface area contributed by atoms with Gasteiger partial charge in [0.05, 0.1) is 25.4 Å². The van der Waals surface area contributed by atoms with E-state index in [0.717, 1.165) is 17.0 Å². The standard InChI is InChI=1S/C23H21ClN6O2/c1-32-20-10-4-16(5-11-20)14-30-15-21(28-29-30)22(26-19-8-6-18(24)7-9-19)27-23(31)17-3-2-12-25-13-17/h2-13,15,22,26H,14H2,1H3,(H,27,31). The molecule has 1 unspecified atom stereocenters. The Kier molecular flexibility index (Phi) is 6.62. The van der Waals surface area contributed by atoms with Crippen molar-refractivity contribution in [3.63, 3.8) is 0 Å². The number of ether oxygens (including phenoxy) is 1. The van der Waals surface area contributed by atoms with E-state index in [1.807, 2.05) is 36.4 Å². The van der Waals surface area contributed by atoms with Crippen LogP contribution in [0.2, 0.25) is 5.02 Å². The van der Waals surface area contributed by atoms with Crippen LogP contribution in [0.5, 0.6) is 5.75 Å². The van der Waals surface area contributed by atoms with E-state index in [1.165, 1.54) is 6.20 Å². The molecule has 2 aromatic heterocycles. The molecular weight excluding hydrogens is 428 g/mol. The SMILES string of the molecule is COc1ccc(Cn2cc(C(NC(=O)c3cccnc3)Nc3ccc(Cl)cc3)nn2)cc1. The molecule has 1 amide bonds. The van der Waals surface area contributed by atoms with E-state index in [9.17, 15) is 4.79 Å². The summed E-state index contributed by atoms with van der Waals surface area (Å²) in [5.74, 6) is 0.507. The molecule has 0 aliphatic rings. The molecule has 0 bridgehead atoms. The van der Waals surface area contributed by atoms with Gasteiger partial charge in [-0.2, -0.15) is 0 Å². The highest BCUT2D eigenvalue weighted by atomic mass is 35.5. The van der Waals surface area contributed by atoms with Gasteiger partial charge < -0.3 is 15.4 Å². The van der Waals surface area contributed by atoms with Gasteiger partial charge in [0.2, 0.25) is 0 Å². The van der Waals surface area contributed by atoms with Crippen LogP contribution in [-0.2, 0) is 6.54 Å². The summed E-state index contributed by atoms with van der Waals surface area (Å²) in [5.41, 5.74) is 2.83. The second kappa shape index (κ2) is 9.93. The van der Waals surface area contributed by atoms with Crippen LogP contribution in [0.1, 0.15) is 27.8 Å². The second-order valence-electron chi connectivity index (χ2n) is 6.99. The van der Waals surface area contributed by atoms with Crippen molar-refractivity contribution in [1.82, 2.24) is 25.3 Å². The summed E-state index contributed by atoms with van der Waals surface area (Å²) < 4.78 is 6.91. The summed E-state index contributed by atoms with van der Waals surface area (Å²) in [4.78, 5) is 16.8. The number of rotatable bonds is 8. The molecule has 0 aliphatic heterocycles. The van der Waals surface area contributed by atoms with Crippen molar-refractivity contribution in [2.45, 2.75) is 12.7 Å². The van der Waals surface area contributed by atoms with E-state index < -0.39 is 6.17 Å². The highest BCUT2D eigenvalue weighted by molar-refractivity contribution is 6.30. The largest absolute Gasteiger partial charge is 0.497 e. The fourth-order valence-corrected chi connectivity index (χ4v) is 3.18. The number of methoxy groups -OCH3 is 1. The summed E-state index contributed by atoms with van der Waals surface area (Å²) in [6.07, 6.45) is 4.30. The van der Waals surface area contributed by atoms with Gasteiger partial charge in [-0.3, -0.25) is 9.78 Å². The van der Waals surface area contributed by atoms with Crippen LogP contribution in [0.25, 0.3) is 0 Å². The van der Waals surface area contributed by atoms with Crippen LogP contribution in [0.3, 0.4) is 0 Å². The number of benzene rings is 2. The van der Waals surface area contributed by atoms with Gasteiger partial charge in [-0.15, -0.1) is 5.10 Å². The third-order valence-electron chi connectivity index (χ3n) is 4.71. The maximum Gasteiger partial charge on any atom is 0.254 e. The van der Waals surface area contributed by atoms with Crippen LogP contribution in [-0.4, -0.2) is 33.0 Å². The maximum absolute atomic E-state index is 12.8. The Hall–Kier alpha value is -3.91. The van der Waals surface area contributed by atoms with E-state index in [1.54, 1.807) is 48.5 Å². The molecule has 0 fully saturated rings. The van der Waals surface area contributed by atoms with Gasteiger partial charge in [-0.25, -0.2) is 4.68 Å². The van der Waals surface area contributed by atoms with Gasteiger partial charge in [0, 0.05) is 23.1 Å². The number of carbonyl (C=O) groups excluding carboxylic acids is 1. The number of hydrogen-bond acceptors (Lipinski definition) is 6. The van der Waals surface area contributed by atoms with Crippen molar-refractivity contribution in [3.8, 4) is 5.75 Å². The number of nitrogens with zero attached hydrogens (tertiary/aromatic N) is 4. The second-order valence-corrected chi connectivity index (χ2v) is 7.42. The van der Waals surface area contributed by atoms with Crippen LogP contribution in [0.15, 0.2) is 79.3 Å². The Bertz CT molecular complexity index is 1160. The lowest BCUT2D eigenvalue weighted by atomic mass is 10.2. The lowest BCUT2D eigenvalue weighted by molar-refractivity contribution is 0.0940. The number of amides is 1. The van der Waals surface area contributed by atoms with Crippen molar-refractivity contribution in [2.24, 2.45) is 0 Å². The molecule has 4 rings (SSSR count). The minimum atomic E-state index is -0.617. The summed E-state index contributed by atoms with van der Waals surface area (Å²) in [5, 5.41) is 15.3. The molecule has 2 N–H and O–H groups in total. The molecular formula is C23H21ClN6O2. The van der Waals surface area contributed by atoms with Gasteiger partial charge >= 0.3 is 0 Å². The van der Waals surface area contributed by atoms with Crippen LogP contribution in [0.4, 0.5) is 5.69 Å². The van der Waals surface area contributed by atoms with Crippen molar-refractivity contribution < 1.29 is 9.53 Å². The smallest absolute Gasteiger partial charge is 0.254 e. The van der Waals surface area contributed by atoms with Crippen molar-refractivity contribution in [3.05, 3.63) is 101 Å². The first-order valence-corrected chi connectivity index (χ1v) is 10.2. The molecule has 0 spiro atoms. The van der Waals surface area contributed by atoms with E-state index in [0.29, 0.717) is 22.8 Å². The van der Waals surface area contributed by atoms with Gasteiger partial charge in [0.1, 0.15) is 17.6 Å². The summed E-state index contributed by atoms with van der Waals surface area (Å²) in [6, 6.07) is 18.3. The summed E-state index contributed by atoms with van der Waals surface area (Å²) >= 11 is 5.99. The first-order valence-electron chi connectivity index (χ1n) is 9.86. The van der Waals surface area contributed by atoms with E-state index >= 15 is 0 Å². The molecule has 1 atom stereocenters. The Balaban J connectivity index is 1.54. The summed E-state index contributed by atoms with van der Waals surface area (Å²) in [7, 11) is 1.63. The highest BCUT2D eigenvalue weighted by Gasteiger charge is 2.19. The average molecular weight is 449 g/mol. The number of pyridine rings is 1. The molecule has 2 aromatic carbocycles. The Morgan fingerprint density at radius 1 is 1.12 bits per heavy atom. The van der Waals surface area contributed by atoms with Crippen molar-refractivity contribution in [2.75, 3.05) is 12.4 Å². The zero-order valence-electron chi connectivity index (χ0n) is 17.3. The van der Waals surface area contributed by atoms with Crippen molar-refractivity contribution >= 4 is 23.2 Å². The monoisotopic (exact) mass is 448 g/mol. The molecule has 9 heteroatoms.